The molecular weight excluding hydrogens is 322 g/mol. The summed E-state index contributed by atoms with van der Waals surface area (Å²) in [6, 6.07) is 3.93. The van der Waals surface area contributed by atoms with Crippen LogP contribution in [0.3, 0.4) is 0 Å². The van der Waals surface area contributed by atoms with E-state index in [4.69, 9.17) is 16.6 Å². The van der Waals surface area contributed by atoms with Crippen LogP contribution in [-0.2, 0) is 6.54 Å². The molecule has 0 bridgehead atoms. The van der Waals surface area contributed by atoms with Crippen molar-refractivity contribution in [3.63, 3.8) is 0 Å². The molecule has 108 valence electrons. The first-order valence-corrected chi connectivity index (χ1v) is 9.08. The Hall–Kier alpha value is -1.01. The minimum atomic E-state index is 0.769. The van der Waals surface area contributed by atoms with Gasteiger partial charge in [0, 0.05) is 18.1 Å². The van der Waals surface area contributed by atoms with Crippen molar-refractivity contribution >= 4 is 44.5 Å². The van der Waals surface area contributed by atoms with Gasteiger partial charge in [0.25, 0.3) is 0 Å². The van der Waals surface area contributed by atoms with Gasteiger partial charge >= 0.3 is 0 Å². The van der Waals surface area contributed by atoms with E-state index in [1.807, 2.05) is 6.07 Å². The zero-order valence-electron chi connectivity index (χ0n) is 11.4. The molecule has 0 atom stereocenters. The second kappa shape index (κ2) is 5.65. The molecule has 0 N–H and O–H groups in total. The quantitative estimate of drug-likeness (QED) is 0.696. The molecule has 3 aromatic rings. The van der Waals surface area contributed by atoms with Gasteiger partial charge in [-0.1, -0.05) is 11.6 Å². The van der Waals surface area contributed by atoms with Crippen molar-refractivity contribution in [1.29, 1.82) is 0 Å². The van der Waals surface area contributed by atoms with Gasteiger partial charge < -0.3 is 0 Å². The standard InChI is InChI=1S/C15H14ClN3S2/c16-11-3-4-17-12-7-13(21-14(11)12)15-18-10(9-20-15)8-19-5-1-2-6-19/h3-4,7,9H,1-2,5-6,8H2. The Balaban J connectivity index is 1.62. The SMILES string of the molecule is Clc1ccnc2cc(-c3nc(CN4CCCC4)cs3)sc12. The van der Waals surface area contributed by atoms with E-state index in [2.05, 4.69) is 21.3 Å². The Morgan fingerprint density at radius 2 is 2.14 bits per heavy atom. The Labute approximate surface area is 136 Å². The van der Waals surface area contributed by atoms with Gasteiger partial charge in [0.2, 0.25) is 0 Å². The van der Waals surface area contributed by atoms with E-state index in [0.717, 1.165) is 31.7 Å². The third-order valence-electron chi connectivity index (χ3n) is 3.71. The number of hydrogen-bond acceptors (Lipinski definition) is 5. The highest BCUT2D eigenvalue weighted by Crippen LogP contribution is 2.37. The van der Waals surface area contributed by atoms with Crippen molar-refractivity contribution in [2.75, 3.05) is 13.1 Å². The fraction of sp³-hybridized carbons (Fsp3) is 0.333. The smallest absolute Gasteiger partial charge is 0.133 e. The molecule has 3 aromatic heterocycles. The van der Waals surface area contributed by atoms with Crippen LogP contribution in [-0.4, -0.2) is 28.0 Å². The zero-order chi connectivity index (χ0) is 14.2. The highest BCUT2D eigenvalue weighted by atomic mass is 35.5. The fourth-order valence-corrected chi connectivity index (χ4v) is 4.84. The summed E-state index contributed by atoms with van der Waals surface area (Å²) in [6.45, 7) is 3.38. The van der Waals surface area contributed by atoms with E-state index >= 15 is 0 Å². The number of aromatic nitrogens is 2. The number of halogens is 1. The molecule has 0 radical (unpaired) electrons. The summed E-state index contributed by atoms with van der Waals surface area (Å²) < 4.78 is 1.05. The largest absolute Gasteiger partial charge is 0.297 e. The molecule has 0 unspecified atom stereocenters. The first-order valence-electron chi connectivity index (χ1n) is 7.01. The Morgan fingerprint density at radius 1 is 1.29 bits per heavy atom. The van der Waals surface area contributed by atoms with E-state index in [1.165, 1.54) is 31.6 Å². The second-order valence-electron chi connectivity index (χ2n) is 5.25. The highest BCUT2D eigenvalue weighted by Gasteiger charge is 2.15. The summed E-state index contributed by atoms with van der Waals surface area (Å²) in [5.74, 6) is 0. The lowest BCUT2D eigenvalue weighted by Gasteiger charge is -2.11. The highest BCUT2D eigenvalue weighted by molar-refractivity contribution is 7.25. The van der Waals surface area contributed by atoms with E-state index in [1.54, 1.807) is 28.9 Å². The first-order chi connectivity index (χ1) is 10.3. The number of likely N-dealkylation sites (tertiary alicyclic amines) is 1. The zero-order valence-corrected chi connectivity index (χ0v) is 13.8. The van der Waals surface area contributed by atoms with Crippen molar-refractivity contribution < 1.29 is 0 Å². The van der Waals surface area contributed by atoms with E-state index in [9.17, 15) is 0 Å². The number of thiazole rings is 1. The van der Waals surface area contributed by atoms with Crippen molar-refractivity contribution in [2.45, 2.75) is 19.4 Å². The third-order valence-corrected chi connectivity index (χ3v) is 6.36. The lowest BCUT2D eigenvalue weighted by atomic mass is 10.4. The number of nitrogens with zero attached hydrogens (tertiary/aromatic N) is 3. The summed E-state index contributed by atoms with van der Waals surface area (Å²) in [4.78, 5) is 12.8. The number of hydrogen-bond donors (Lipinski definition) is 0. The van der Waals surface area contributed by atoms with Gasteiger partial charge in [-0.3, -0.25) is 9.88 Å². The van der Waals surface area contributed by atoms with Gasteiger partial charge in [-0.2, -0.15) is 0 Å². The minimum Gasteiger partial charge on any atom is -0.297 e. The normalized spacial score (nSPS) is 16.0. The number of rotatable bonds is 3. The topological polar surface area (TPSA) is 29.0 Å². The van der Waals surface area contributed by atoms with Crippen LogP contribution < -0.4 is 0 Å². The van der Waals surface area contributed by atoms with Crippen LogP contribution >= 0.6 is 34.3 Å². The van der Waals surface area contributed by atoms with Gasteiger partial charge in [0.15, 0.2) is 0 Å². The Bertz CT molecular complexity index is 774. The Kier molecular flexibility index (Phi) is 3.67. The molecule has 3 nitrogen and oxygen atoms in total. The molecule has 0 spiro atoms. The molecule has 1 aliphatic rings. The summed E-state index contributed by atoms with van der Waals surface area (Å²) in [6.07, 6.45) is 4.39. The number of thiophene rings is 1. The summed E-state index contributed by atoms with van der Waals surface area (Å²) in [5, 5.41) is 4.01. The number of pyridine rings is 1. The lowest BCUT2D eigenvalue weighted by molar-refractivity contribution is 0.328. The van der Waals surface area contributed by atoms with Crippen molar-refractivity contribution in [2.24, 2.45) is 0 Å². The molecule has 4 heterocycles. The molecular formula is C15H14ClN3S2. The van der Waals surface area contributed by atoms with Crippen LogP contribution in [0.2, 0.25) is 5.02 Å². The minimum absolute atomic E-state index is 0.769. The summed E-state index contributed by atoms with van der Waals surface area (Å²) >= 11 is 9.60. The van der Waals surface area contributed by atoms with Crippen LogP contribution in [0.1, 0.15) is 18.5 Å². The van der Waals surface area contributed by atoms with Gasteiger partial charge in [-0.15, -0.1) is 22.7 Å². The molecule has 0 aromatic carbocycles. The van der Waals surface area contributed by atoms with Crippen LogP contribution in [0.25, 0.3) is 20.1 Å². The van der Waals surface area contributed by atoms with Crippen LogP contribution in [0.15, 0.2) is 23.7 Å². The van der Waals surface area contributed by atoms with Gasteiger partial charge in [0.1, 0.15) is 5.01 Å². The van der Waals surface area contributed by atoms with E-state index in [-0.39, 0.29) is 0 Å². The average Bonchev–Trinajstić information content (AvgIpc) is 3.18. The lowest BCUT2D eigenvalue weighted by Crippen LogP contribution is -2.18. The molecule has 1 saturated heterocycles. The maximum Gasteiger partial charge on any atom is 0.133 e. The van der Waals surface area contributed by atoms with E-state index < -0.39 is 0 Å². The van der Waals surface area contributed by atoms with Gasteiger partial charge in [0.05, 0.1) is 25.8 Å². The average molecular weight is 336 g/mol. The molecule has 1 aliphatic heterocycles. The fourth-order valence-electron chi connectivity index (χ4n) is 2.68. The maximum atomic E-state index is 6.22. The van der Waals surface area contributed by atoms with Crippen molar-refractivity contribution in [3.05, 3.63) is 34.4 Å². The molecule has 4 rings (SSSR count). The summed E-state index contributed by atoms with van der Waals surface area (Å²) in [7, 11) is 0. The van der Waals surface area contributed by atoms with Gasteiger partial charge in [-0.05, 0) is 38.1 Å². The summed E-state index contributed by atoms with van der Waals surface area (Å²) in [5.41, 5.74) is 2.13. The Morgan fingerprint density at radius 3 is 2.95 bits per heavy atom. The second-order valence-corrected chi connectivity index (χ2v) is 7.56. The molecule has 1 fully saturated rings. The first kappa shape index (κ1) is 13.6. The van der Waals surface area contributed by atoms with Crippen molar-refractivity contribution in [3.8, 4) is 9.88 Å². The van der Waals surface area contributed by atoms with E-state index in [0.29, 0.717) is 0 Å². The molecule has 21 heavy (non-hydrogen) atoms. The molecule has 0 saturated carbocycles. The van der Waals surface area contributed by atoms with Crippen LogP contribution in [0, 0.1) is 0 Å². The predicted octanol–water partition coefficient (Wildman–Crippen LogP) is 4.67. The van der Waals surface area contributed by atoms with Crippen LogP contribution in [0.4, 0.5) is 0 Å². The predicted molar refractivity (Wildman–Crippen MR) is 90.2 cm³/mol. The molecule has 0 amide bonds. The van der Waals surface area contributed by atoms with Gasteiger partial charge in [-0.25, -0.2) is 4.98 Å². The number of fused-ring (bicyclic) bond motifs is 1. The molecule has 0 aliphatic carbocycles. The molecule has 6 heteroatoms. The third kappa shape index (κ3) is 2.71. The van der Waals surface area contributed by atoms with Crippen molar-refractivity contribution in [1.82, 2.24) is 14.9 Å². The maximum absolute atomic E-state index is 6.22. The monoisotopic (exact) mass is 335 g/mol. The van der Waals surface area contributed by atoms with Crippen LogP contribution in [0.5, 0.6) is 0 Å².